The van der Waals surface area contributed by atoms with Gasteiger partial charge in [-0.15, -0.1) is 0 Å². The van der Waals surface area contributed by atoms with Crippen LogP contribution in [-0.2, 0) is 11.3 Å². The molecule has 2 rings (SSSR count). The number of imidazole rings is 1. The van der Waals surface area contributed by atoms with Crippen molar-refractivity contribution in [2.24, 2.45) is 0 Å². The fourth-order valence-corrected chi connectivity index (χ4v) is 2.89. The van der Waals surface area contributed by atoms with Crippen molar-refractivity contribution in [2.45, 2.75) is 11.7 Å². The second-order valence-electron chi connectivity index (χ2n) is 4.64. The van der Waals surface area contributed by atoms with Crippen molar-refractivity contribution in [3.8, 4) is 0 Å². The first-order chi connectivity index (χ1) is 9.49. The number of carbonyl (C=O) groups is 1. The van der Waals surface area contributed by atoms with Gasteiger partial charge in [-0.2, -0.15) is 0 Å². The van der Waals surface area contributed by atoms with E-state index in [-0.39, 0.29) is 5.75 Å². The van der Waals surface area contributed by atoms with Crippen LogP contribution in [0.25, 0.3) is 11.0 Å². The normalized spacial score (nSPS) is 11.4. The van der Waals surface area contributed by atoms with Gasteiger partial charge in [0.15, 0.2) is 5.16 Å². The monoisotopic (exact) mass is 313 g/mol. The summed E-state index contributed by atoms with van der Waals surface area (Å²) in [5.74, 6) is -0.865. The molecule has 2 aromatic rings. The van der Waals surface area contributed by atoms with Crippen molar-refractivity contribution < 1.29 is 9.90 Å². The van der Waals surface area contributed by atoms with E-state index in [2.05, 4.69) is 9.88 Å². The number of rotatable bonds is 6. The van der Waals surface area contributed by atoms with E-state index in [1.54, 1.807) is 0 Å². The maximum atomic E-state index is 10.7. The third kappa shape index (κ3) is 3.45. The summed E-state index contributed by atoms with van der Waals surface area (Å²) >= 11 is 7.47. The van der Waals surface area contributed by atoms with Crippen molar-refractivity contribution >= 4 is 40.4 Å². The van der Waals surface area contributed by atoms with Crippen LogP contribution >= 0.6 is 23.4 Å². The lowest BCUT2D eigenvalue weighted by Crippen LogP contribution is -2.19. The molecule has 1 heterocycles. The number of benzene rings is 1. The number of aromatic nitrogens is 2. The minimum absolute atomic E-state index is 0.0110. The van der Waals surface area contributed by atoms with Crippen molar-refractivity contribution in [1.82, 2.24) is 14.5 Å². The number of nitrogens with zero attached hydrogens (tertiary/aromatic N) is 3. The minimum Gasteiger partial charge on any atom is -0.481 e. The van der Waals surface area contributed by atoms with Gasteiger partial charge in [-0.1, -0.05) is 29.4 Å². The van der Waals surface area contributed by atoms with Gasteiger partial charge in [0.1, 0.15) is 0 Å². The van der Waals surface area contributed by atoms with Gasteiger partial charge >= 0.3 is 5.97 Å². The lowest BCUT2D eigenvalue weighted by atomic mass is 10.3. The summed E-state index contributed by atoms with van der Waals surface area (Å²) in [6.45, 7) is 1.55. The molecule has 0 atom stereocenters. The number of hydrogen-bond acceptors (Lipinski definition) is 4. The average molecular weight is 314 g/mol. The molecule has 0 bridgehead atoms. The van der Waals surface area contributed by atoms with Gasteiger partial charge in [0.25, 0.3) is 0 Å². The van der Waals surface area contributed by atoms with Gasteiger partial charge in [-0.05, 0) is 26.2 Å². The highest BCUT2D eigenvalue weighted by Gasteiger charge is 2.14. The van der Waals surface area contributed by atoms with Crippen LogP contribution in [-0.4, -0.2) is 51.9 Å². The van der Waals surface area contributed by atoms with Gasteiger partial charge in [-0.3, -0.25) is 4.79 Å². The third-order valence-electron chi connectivity index (χ3n) is 2.78. The Kier molecular flexibility index (Phi) is 4.91. The van der Waals surface area contributed by atoms with Gasteiger partial charge in [-0.25, -0.2) is 4.98 Å². The second kappa shape index (κ2) is 6.47. The Morgan fingerprint density at radius 1 is 1.50 bits per heavy atom. The molecule has 0 spiro atoms. The molecule has 1 N–H and O–H groups in total. The zero-order chi connectivity index (χ0) is 14.7. The molecule has 1 aromatic carbocycles. The molecule has 0 aliphatic heterocycles. The molecule has 7 heteroatoms. The summed E-state index contributed by atoms with van der Waals surface area (Å²) in [6.07, 6.45) is 0. The van der Waals surface area contributed by atoms with Crippen LogP contribution in [0.5, 0.6) is 0 Å². The van der Waals surface area contributed by atoms with Crippen LogP contribution in [0.2, 0.25) is 5.02 Å². The number of carboxylic acids is 1. The van der Waals surface area contributed by atoms with E-state index in [4.69, 9.17) is 16.7 Å². The van der Waals surface area contributed by atoms with Crippen molar-refractivity contribution in [2.75, 3.05) is 26.4 Å². The Labute approximate surface area is 126 Å². The molecule has 0 radical (unpaired) electrons. The predicted molar refractivity (Wildman–Crippen MR) is 81.7 cm³/mol. The highest BCUT2D eigenvalue weighted by atomic mass is 35.5. The molecule has 0 fully saturated rings. The lowest BCUT2D eigenvalue weighted by molar-refractivity contribution is -0.133. The van der Waals surface area contributed by atoms with E-state index >= 15 is 0 Å². The fraction of sp³-hybridized carbons (Fsp3) is 0.385. The molecule has 0 amide bonds. The molecule has 0 unspecified atom stereocenters. The second-order valence-corrected chi connectivity index (χ2v) is 5.99. The Hall–Kier alpha value is -1.24. The first-order valence-corrected chi connectivity index (χ1v) is 7.49. The summed E-state index contributed by atoms with van der Waals surface area (Å²) in [5, 5.41) is 10.1. The predicted octanol–water partition coefficient (Wildman–Crippen LogP) is 2.43. The minimum atomic E-state index is -0.854. The van der Waals surface area contributed by atoms with E-state index in [9.17, 15) is 4.79 Å². The molecule has 20 heavy (non-hydrogen) atoms. The molecule has 1 aromatic heterocycles. The maximum absolute atomic E-state index is 10.7. The van der Waals surface area contributed by atoms with Crippen LogP contribution in [0.3, 0.4) is 0 Å². The molecule has 108 valence electrons. The quantitative estimate of drug-likeness (QED) is 0.830. The Balaban J connectivity index is 2.40. The molecule has 0 aliphatic rings. The lowest BCUT2D eigenvalue weighted by Gasteiger charge is -2.13. The van der Waals surface area contributed by atoms with Crippen molar-refractivity contribution in [3.05, 3.63) is 23.2 Å². The SMILES string of the molecule is CN(C)CCn1c(SCC(=O)O)nc2cccc(Cl)c21. The third-order valence-corrected chi connectivity index (χ3v) is 4.04. The van der Waals surface area contributed by atoms with Crippen LogP contribution in [0, 0.1) is 0 Å². The smallest absolute Gasteiger partial charge is 0.313 e. The number of para-hydroxylation sites is 1. The molecule has 5 nitrogen and oxygen atoms in total. The summed E-state index contributed by atoms with van der Waals surface area (Å²) in [4.78, 5) is 17.3. The average Bonchev–Trinajstić information content (AvgIpc) is 2.73. The van der Waals surface area contributed by atoms with Crippen LogP contribution in [0.4, 0.5) is 0 Å². The molecule has 0 saturated heterocycles. The van der Waals surface area contributed by atoms with Gasteiger partial charge in [0, 0.05) is 13.1 Å². The van der Waals surface area contributed by atoms with E-state index in [0.717, 1.165) is 24.1 Å². The maximum Gasteiger partial charge on any atom is 0.313 e. The largest absolute Gasteiger partial charge is 0.481 e. The number of thioether (sulfide) groups is 1. The van der Waals surface area contributed by atoms with Gasteiger partial charge in [0.05, 0.1) is 21.8 Å². The zero-order valence-corrected chi connectivity index (χ0v) is 12.9. The van der Waals surface area contributed by atoms with Crippen LogP contribution < -0.4 is 0 Å². The summed E-state index contributed by atoms with van der Waals surface area (Å²) < 4.78 is 1.99. The van der Waals surface area contributed by atoms with Gasteiger partial charge < -0.3 is 14.6 Å². The number of fused-ring (bicyclic) bond motifs is 1. The fourth-order valence-electron chi connectivity index (χ4n) is 1.86. The molecular formula is C13H16ClN3O2S. The van der Waals surface area contributed by atoms with Crippen LogP contribution in [0.1, 0.15) is 0 Å². The first-order valence-electron chi connectivity index (χ1n) is 6.13. The summed E-state index contributed by atoms with van der Waals surface area (Å²) in [7, 11) is 3.98. The van der Waals surface area contributed by atoms with E-state index < -0.39 is 5.97 Å². The van der Waals surface area contributed by atoms with Crippen molar-refractivity contribution in [1.29, 1.82) is 0 Å². The topological polar surface area (TPSA) is 58.4 Å². The van der Waals surface area contributed by atoms with Crippen molar-refractivity contribution in [3.63, 3.8) is 0 Å². The summed E-state index contributed by atoms with van der Waals surface area (Å²) in [5.41, 5.74) is 1.66. The zero-order valence-electron chi connectivity index (χ0n) is 11.3. The number of aliphatic carboxylic acids is 1. The number of halogens is 1. The Bertz CT molecular complexity index is 627. The van der Waals surface area contributed by atoms with E-state index in [1.165, 1.54) is 11.8 Å². The Morgan fingerprint density at radius 2 is 2.25 bits per heavy atom. The van der Waals surface area contributed by atoms with Crippen LogP contribution in [0.15, 0.2) is 23.4 Å². The first kappa shape index (κ1) is 15.2. The molecule has 0 aliphatic carbocycles. The van der Waals surface area contributed by atoms with E-state index in [1.807, 2.05) is 36.9 Å². The molecule has 0 saturated carbocycles. The number of carboxylic acid groups (broad SMARTS) is 1. The highest BCUT2D eigenvalue weighted by molar-refractivity contribution is 7.99. The standard InChI is InChI=1S/C13H16ClN3O2S/c1-16(2)6-7-17-12-9(14)4-3-5-10(12)15-13(17)20-8-11(18)19/h3-5H,6-8H2,1-2H3,(H,18,19). The Morgan fingerprint density at radius 3 is 2.90 bits per heavy atom. The van der Waals surface area contributed by atoms with E-state index in [0.29, 0.717) is 10.2 Å². The number of hydrogen-bond donors (Lipinski definition) is 1. The molecular weight excluding hydrogens is 298 g/mol. The number of likely N-dealkylation sites (N-methyl/N-ethyl adjacent to an activating group) is 1. The summed E-state index contributed by atoms with van der Waals surface area (Å²) in [6, 6.07) is 5.56. The van der Waals surface area contributed by atoms with Gasteiger partial charge in [0.2, 0.25) is 0 Å². The highest BCUT2D eigenvalue weighted by Crippen LogP contribution is 2.29.